The number of rotatable bonds is 2. The van der Waals surface area contributed by atoms with Crippen molar-refractivity contribution in [1.82, 2.24) is 0 Å². The lowest BCUT2D eigenvalue weighted by Crippen LogP contribution is -2.05. The van der Waals surface area contributed by atoms with E-state index in [2.05, 4.69) is 6.07 Å². The monoisotopic (exact) mass is 283 g/mol. The molecule has 0 N–H and O–H groups in total. The zero-order valence-electron chi connectivity index (χ0n) is 11.6. The molecule has 0 aliphatic heterocycles. The molecule has 0 spiro atoms. The Morgan fingerprint density at radius 3 is 1.95 bits per heavy atom. The van der Waals surface area contributed by atoms with E-state index in [0.29, 0.717) is 12.8 Å². The maximum atomic E-state index is 13.6. The normalized spacial score (nSPS) is 14.0. The average Bonchev–Trinajstić information content (AvgIpc) is 2.62. The highest BCUT2D eigenvalue weighted by atomic mass is 19.1. The summed E-state index contributed by atoms with van der Waals surface area (Å²) in [5.41, 5.74) is 3.98. The van der Waals surface area contributed by atoms with Crippen molar-refractivity contribution < 1.29 is 8.78 Å². The fraction of sp³-hybridized carbons (Fsp3) is 0.278. The van der Waals surface area contributed by atoms with E-state index in [-0.39, 0.29) is 17.6 Å². The first-order valence-electron chi connectivity index (χ1n) is 7.12. The largest absolute Gasteiger partial charge is 0.207 e. The predicted octanol–water partition coefficient (Wildman–Crippen LogP) is 4.50. The van der Waals surface area contributed by atoms with Crippen LogP contribution in [0.1, 0.15) is 41.0 Å². The summed E-state index contributed by atoms with van der Waals surface area (Å²) < 4.78 is 27.3. The SMILES string of the molecule is N#CCCC1c2cc(F)ccc2CCc2ccc(F)cc21. The molecule has 21 heavy (non-hydrogen) atoms. The van der Waals surface area contributed by atoms with E-state index in [0.717, 1.165) is 35.1 Å². The molecule has 3 heteroatoms. The van der Waals surface area contributed by atoms with Gasteiger partial charge in [-0.15, -0.1) is 0 Å². The lowest BCUT2D eigenvalue weighted by atomic mass is 9.85. The minimum Gasteiger partial charge on any atom is -0.207 e. The molecule has 0 amide bonds. The van der Waals surface area contributed by atoms with Crippen LogP contribution >= 0.6 is 0 Å². The molecular weight excluding hydrogens is 268 g/mol. The second-order valence-corrected chi connectivity index (χ2v) is 5.44. The Hall–Kier alpha value is -2.21. The van der Waals surface area contributed by atoms with Gasteiger partial charge in [0.1, 0.15) is 11.6 Å². The highest BCUT2D eigenvalue weighted by Gasteiger charge is 2.24. The molecule has 0 unspecified atom stereocenters. The van der Waals surface area contributed by atoms with Crippen LogP contribution in [-0.2, 0) is 12.8 Å². The van der Waals surface area contributed by atoms with Crippen molar-refractivity contribution in [3.8, 4) is 6.07 Å². The second kappa shape index (κ2) is 5.65. The number of hydrogen-bond acceptors (Lipinski definition) is 1. The van der Waals surface area contributed by atoms with Crippen LogP contribution in [-0.4, -0.2) is 0 Å². The minimum atomic E-state index is -0.282. The molecule has 1 nitrogen and oxygen atoms in total. The van der Waals surface area contributed by atoms with E-state index in [9.17, 15) is 8.78 Å². The number of benzene rings is 2. The predicted molar refractivity (Wildman–Crippen MR) is 76.9 cm³/mol. The van der Waals surface area contributed by atoms with E-state index in [1.54, 1.807) is 0 Å². The molecule has 1 aliphatic rings. The molecular formula is C18H15F2N. The molecule has 0 saturated heterocycles. The summed E-state index contributed by atoms with van der Waals surface area (Å²) in [6, 6.07) is 11.8. The van der Waals surface area contributed by atoms with Gasteiger partial charge in [-0.1, -0.05) is 12.1 Å². The van der Waals surface area contributed by atoms with Crippen LogP contribution in [0.4, 0.5) is 8.78 Å². The lowest BCUT2D eigenvalue weighted by molar-refractivity contribution is 0.613. The van der Waals surface area contributed by atoms with Crippen LogP contribution in [0.5, 0.6) is 0 Å². The van der Waals surface area contributed by atoms with E-state index in [4.69, 9.17) is 5.26 Å². The number of hydrogen-bond donors (Lipinski definition) is 0. The third kappa shape index (κ3) is 2.67. The standard InChI is InChI=1S/C18H15F2N/c19-14-7-5-12-3-4-13-6-8-15(20)11-18(13)16(2-1-9-21)17(12)10-14/h5-8,10-11,16H,1-4H2. The molecule has 3 rings (SSSR count). The maximum Gasteiger partial charge on any atom is 0.123 e. The van der Waals surface area contributed by atoms with Crippen molar-refractivity contribution in [1.29, 1.82) is 5.26 Å². The van der Waals surface area contributed by atoms with Gasteiger partial charge in [0.25, 0.3) is 0 Å². The van der Waals surface area contributed by atoms with Crippen LogP contribution in [0.25, 0.3) is 0 Å². The van der Waals surface area contributed by atoms with Gasteiger partial charge in [-0.25, -0.2) is 8.78 Å². The Kier molecular flexibility index (Phi) is 3.70. The molecule has 106 valence electrons. The van der Waals surface area contributed by atoms with Gasteiger partial charge in [-0.2, -0.15) is 5.26 Å². The zero-order chi connectivity index (χ0) is 14.8. The van der Waals surface area contributed by atoms with E-state index in [1.807, 2.05) is 12.1 Å². The van der Waals surface area contributed by atoms with Crippen molar-refractivity contribution in [2.24, 2.45) is 0 Å². The summed E-state index contributed by atoms with van der Waals surface area (Å²) in [5, 5.41) is 8.87. The summed E-state index contributed by atoms with van der Waals surface area (Å²) in [6.07, 6.45) is 2.59. The topological polar surface area (TPSA) is 23.8 Å². The van der Waals surface area contributed by atoms with Gasteiger partial charge < -0.3 is 0 Å². The van der Waals surface area contributed by atoms with Crippen LogP contribution in [0.3, 0.4) is 0 Å². The van der Waals surface area contributed by atoms with Crippen molar-refractivity contribution in [3.63, 3.8) is 0 Å². The summed E-state index contributed by atoms with van der Waals surface area (Å²) >= 11 is 0. The highest BCUT2D eigenvalue weighted by molar-refractivity contribution is 5.45. The molecule has 0 aromatic heterocycles. The van der Waals surface area contributed by atoms with Gasteiger partial charge in [0.05, 0.1) is 6.07 Å². The Balaban J connectivity index is 2.16. The first-order valence-corrected chi connectivity index (χ1v) is 7.12. The number of nitrogens with zero attached hydrogens (tertiary/aromatic N) is 1. The van der Waals surface area contributed by atoms with Crippen molar-refractivity contribution in [3.05, 3.63) is 70.3 Å². The molecule has 2 aromatic rings. The minimum absolute atomic E-state index is 0.108. The molecule has 2 aromatic carbocycles. The zero-order valence-corrected chi connectivity index (χ0v) is 11.6. The summed E-state index contributed by atoms with van der Waals surface area (Å²) in [4.78, 5) is 0. The summed E-state index contributed by atoms with van der Waals surface area (Å²) in [6.45, 7) is 0. The van der Waals surface area contributed by atoms with Gasteiger partial charge in [-0.3, -0.25) is 0 Å². The Morgan fingerprint density at radius 1 is 0.952 bits per heavy atom. The number of halogens is 2. The summed E-state index contributed by atoms with van der Waals surface area (Å²) in [7, 11) is 0. The quantitative estimate of drug-likeness (QED) is 0.796. The molecule has 0 fully saturated rings. The summed E-state index contributed by atoms with van der Waals surface area (Å²) in [5.74, 6) is -0.672. The van der Waals surface area contributed by atoms with Gasteiger partial charge in [0, 0.05) is 12.3 Å². The van der Waals surface area contributed by atoms with Gasteiger partial charge >= 0.3 is 0 Å². The molecule has 0 bridgehead atoms. The van der Waals surface area contributed by atoms with Gasteiger partial charge in [-0.05, 0) is 65.8 Å². The molecule has 0 atom stereocenters. The molecule has 0 saturated carbocycles. The van der Waals surface area contributed by atoms with Crippen molar-refractivity contribution in [2.75, 3.05) is 0 Å². The fourth-order valence-corrected chi connectivity index (χ4v) is 3.19. The van der Waals surface area contributed by atoms with Gasteiger partial charge in [0.15, 0.2) is 0 Å². The Morgan fingerprint density at radius 2 is 1.48 bits per heavy atom. The third-order valence-corrected chi connectivity index (χ3v) is 4.18. The number of nitriles is 1. The second-order valence-electron chi connectivity index (χ2n) is 5.44. The molecule has 1 aliphatic carbocycles. The third-order valence-electron chi connectivity index (χ3n) is 4.18. The van der Waals surface area contributed by atoms with Crippen LogP contribution < -0.4 is 0 Å². The lowest BCUT2D eigenvalue weighted by Gasteiger charge is -2.19. The Labute approximate surface area is 122 Å². The highest BCUT2D eigenvalue weighted by Crippen LogP contribution is 2.37. The smallest absolute Gasteiger partial charge is 0.123 e. The Bertz CT molecular complexity index is 662. The first kappa shape index (κ1) is 13.8. The van der Waals surface area contributed by atoms with Crippen LogP contribution in [0, 0.1) is 23.0 Å². The number of fused-ring (bicyclic) bond motifs is 2. The van der Waals surface area contributed by atoms with Crippen LogP contribution in [0.15, 0.2) is 36.4 Å². The molecule has 0 radical (unpaired) electrons. The van der Waals surface area contributed by atoms with Gasteiger partial charge in [0.2, 0.25) is 0 Å². The van der Waals surface area contributed by atoms with Crippen molar-refractivity contribution in [2.45, 2.75) is 31.6 Å². The average molecular weight is 283 g/mol. The number of aryl methyl sites for hydroxylation is 2. The fourth-order valence-electron chi connectivity index (χ4n) is 3.19. The maximum absolute atomic E-state index is 13.6. The van der Waals surface area contributed by atoms with Crippen molar-refractivity contribution >= 4 is 0 Å². The van der Waals surface area contributed by atoms with Crippen LogP contribution in [0.2, 0.25) is 0 Å². The first-order chi connectivity index (χ1) is 10.2. The van der Waals surface area contributed by atoms with E-state index >= 15 is 0 Å². The molecule has 0 heterocycles. The van der Waals surface area contributed by atoms with E-state index < -0.39 is 0 Å². The van der Waals surface area contributed by atoms with E-state index in [1.165, 1.54) is 24.3 Å².